The maximum absolute atomic E-state index is 14.1. The van der Waals surface area contributed by atoms with Gasteiger partial charge in [-0.05, 0) is 12.1 Å². The molecule has 0 saturated carbocycles. The van der Waals surface area contributed by atoms with Crippen molar-refractivity contribution in [1.29, 1.82) is 5.26 Å². The summed E-state index contributed by atoms with van der Waals surface area (Å²) in [5.74, 6) is -0.669. The number of pyridine rings is 1. The highest BCUT2D eigenvalue weighted by molar-refractivity contribution is 8.00. The summed E-state index contributed by atoms with van der Waals surface area (Å²) in [7, 11) is 0. The number of carbonyl (C=O) groups excluding carboxylic acids is 1. The van der Waals surface area contributed by atoms with Crippen LogP contribution >= 0.6 is 35.0 Å². The first kappa shape index (κ1) is 15.9. The van der Waals surface area contributed by atoms with Crippen molar-refractivity contribution in [3.63, 3.8) is 0 Å². The first-order chi connectivity index (χ1) is 10.9. The number of nitrogens with two attached hydrogens (primary N) is 1. The minimum atomic E-state index is -0.845. The third kappa shape index (κ3) is 2.59. The van der Waals surface area contributed by atoms with Crippen LogP contribution < -0.4 is 10.6 Å². The largest absolute Gasteiger partial charge is 0.351 e. The van der Waals surface area contributed by atoms with E-state index < -0.39 is 17.2 Å². The zero-order valence-corrected chi connectivity index (χ0v) is 13.6. The maximum Gasteiger partial charge on any atom is 0.320 e. The lowest BCUT2D eigenvalue weighted by molar-refractivity contribution is 0.253. The molecule has 1 aromatic heterocycles. The van der Waals surface area contributed by atoms with Crippen LogP contribution in [0.1, 0.15) is 16.5 Å². The van der Waals surface area contributed by atoms with E-state index in [9.17, 15) is 9.18 Å². The van der Waals surface area contributed by atoms with Crippen LogP contribution in [0.5, 0.6) is 0 Å². The second kappa shape index (κ2) is 5.89. The fourth-order valence-corrected chi connectivity index (χ4v) is 4.50. The van der Waals surface area contributed by atoms with Gasteiger partial charge in [-0.3, -0.25) is 9.88 Å². The van der Waals surface area contributed by atoms with Gasteiger partial charge in [0.05, 0.1) is 28.4 Å². The Morgan fingerprint density at radius 2 is 2.04 bits per heavy atom. The standard InChI is InChI=1S/C14H7Cl2FN4OS/c15-7-1-6(3-18)2-8(16)11(7)13-21(14(19)22)12-9(17)4-20-5-10(12)23-13/h1-2,4-5,13H,(H2,19,22). The van der Waals surface area contributed by atoms with Crippen molar-refractivity contribution in [1.82, 2.24) is 4.98 Å². The summed E-state index contributed by atoms with van der Waals surface area (Å²) in [5, 5.41) is 8.59. The Kier molecular flexibility index (Phi) is 4.06. The van der Waals surface area contributed by atoms with E-state index in [2.05, 4.69) is 4.98 Å². The van der Waals surface area contributed by atoms with Gasteiger partial charge in [0.15, 0.2) is 5.82 Å². The lowest BCUT2D eigenvalue weighted by Crippen LogP contribution is -2.36. The number of halogens is 3. The summed E-state index contributed by atoms with van der Waals surface area (Å²) in [6.07, 6.45) is 2.43. The number of fused-ring (bicyclic) bond motifs is 1. The molecule has 0 aliphatic carbocycles. The molecule has 1 aromatic carbocycles. The van der Waals surface area contributed by atoms with Crippen molar-refractivity contribution in [3.8, 4) is 6.07 Å². The first-order valence-corrected chi connectivity index (χ1v) is 7.85. The fourth-order valence-electron chi connectivity index (χ4n) is 2.32. The second-order valence-electron chi connectivity index (χ2n) is 4.61. The Bertz CT molecular complexity index is 847. The van der Waals surface area contributed by atoms with E-state index in [1.165, 1.54) is 18.3 Å². The molecule has 0 fully saturated rings. The van der Waals surface area contributed by atoms with Crippen molar-refractivity contribution in [2.24, 2.45) is 5.73 Å². The van der Waals surface area contributed by atoms with Crippen LogP contribution in [0.2, 0.25) is 10.0 Å². The molecule has 1 aliphatic heterocycles. The van der Waals surface area contributed by atoms with E-state index in [1.807, 2.05) is 6.07 Å². The first-order valence-electron chi connectivity index (χ1n) is 6.22. The van der Waals surface area contributed by atoms with Crippen LogP contribution in [0.25, 0.3) is 0 Å². The zero-order chi connectivity index (χ0) is 16.7. The van der Waals surface area contributed by atoms with E-state index in [0.29, 0.717) is 10.5 Å². The molecular weight excluding hydrogens is 362 g/mol. The van der Waals surface area contributed by atoms with E-state index in [-0.39, 0.29) is 21.3 Å². The van der Waals surface area contributed by atoms with Gasteiger partial charge in [0.2, 0.25) is 0 Å². The third-order valence-corrected chi connectivity index (χ3v) is 5.09. The summed E-state index contributed by atoms with van der Waals surface area (Å²) in [6, 6.07) is 3.95. The number of carbonyl (C=O) groups is 1. The number of rotatable bonds is 1. The van der Waals surface area contributed by atoms with E-state index >= 15 is 0 Å². The number of hydrogen-bond acceptors (Lipinski definition) is 4. The predicted molar refractivity (Wildman–Crippen MR) is 86.0 cm³/mol. The monoisotopic (exact) mass is 368 g/mol. The summed E-state index contributed by atoms with van der Waals surface area (Å²) in [6.45, 7) is 0. The minimum Gasteiger partial charge on any atom is -0.351 e. The highest BCUT2D eigenvalue weighted by atomic mass is 35.5. The molecule has 5 nitrogen and oxygen atoms in total. The van der Waals surface area contributed by atoms with Crippen molar-refractivity contribution in [3.05, 3.63) is 51.5 Å². The lowest BCUT2D eigenvalue weighted by atomic mass is 10.1. The molecule has 0 radical (unpaired) electrons. The number of amides is 2. The normalized spacial score (nSPS) is 16.1. The Morgan fingerprint density at radius 3 is 2.61 bits per heavy atom. The molecule has 9 heteroatoms. The zero-order valence-electron chi connectivity index (χ0n) is 11.3. The molecule has 2 N–H and O–H groups in total. The number of urea groups is 1. The van der Waals surface area contributed by atoms with Crippen LogP contribution in [0, 0.1) is 17.1 Å². The molecule has 2 heterocycles. The molecule has 0 bridgehead atoms. The highest BCUT2D eigenvalue weighted by Gasteiger charge is 2.39. The van der Waals surface area contributed by atoms with Crippen LogP contribution in [0.3, 0.4) is 0 Å². The SMILES string of the molecule is N#Cc1cc(Cl)c(C2Sc3cncc(F)c3N2C(N)=O)c(Cl)c1. The third-order valence-electron chi connectivity index (χ3n) is 3.25. The van der Waals surface area contributed by atoms with Crippen molar-refractivity contribution in [2.75, 3.05) is 4.90 Å². The highest BCUT2D eigenvalue weighted by Crippen LogP contribution is 2.54. The lowest BCUT2D eigenvalue weighted by Gasteiger charge is -2.24. The van der Waals surface area contributed by atoms with Crippen molar-refractivity contribution in [2.45, 2.75) is 10.3 Å². The molecule has 0 spiro atoms. The Balaban J connectivity index is 2.17. The van der Waals surface area contributed by atoms with Gasteiger partial charge in [-0.1, -0.05) is 35.0 Å². The predicted octanol–water partition coefficient (Wildman–Crippen LogP) is 4.09. The molecular formula is C14H7Cl2FN4OS. The van der Waals surface area contributed by atoms with Gasteiger partial charge < -0.3 is 5.73 Å². The summed E-state index contributed by atoms with van der Waals surface area (Å²) >= 11 is 13.6. The molecule has 1 unspecified atom stereocenters. The summed E-state index contributed by atoms with van der Waals surface area (Å²) in [5.41, 5.74) is 6.12. The van der Waals surface area contributed by atoms with Gasteiger partial charge in [-0.25, -0.2) is 9.18 Å². The number of aromatic nitrogens is 1. The van der Waals surface area contributed by atoms with Gasteiger partial charge >= 0.3 is 6.03 Å². The van der Waals surface area contributed by atoms with Gasteiger partial charge in [-0.15, -0.1) is 0 Å². The minimum absolute atomic E-state index is 0.0407. The number of anilines is 1. The number of hydrogen-bond donors (Lipinski definition) is 1. The van der Waals surface area contributed by atoms with Gasteiger partial charge in [0, 0.05) is 21.8 Å². The number of benzene rings is 1. The average Bonchev–Trinajstić information content (AvgIpc) is 2.87. The summed E-state index contributed by atoms with van der Waals surface area (Å²) in [4.78, 5) is 17.2. The van der Waals surface area contributed by atoms with E-state index in [4.69, 9.17) is 34.2 Å². The molecule has 1 atom stereocenters. The average molecular weight is 369 g/mol. The second-order valence-corrected chi connectivity index (χ2v) is 6.55. The molecule has 2 amide bonds. The van der Waals surface area contributed by atoms with Gasteiger partial charge in [0.25, 0.3) is 0 Å². The quantitative estimate of drug-likeness (QED) is 0.821. The molecule has 2 aromatic rings. The number of primary amides is 1. The molecule has 0 saturated heterocycles. The van der Waals surface area contributed by atoms with Crippen molar-refractivity contribution >= 4 is 46.7 Å². The van der Waals surface area contributed by atoms with Crippen LogP contribution in [-0.2, 0) is 0 Å². The van der Waals surface area contributed by atoms with Gasteiger partial charge in [0.1, 0.15) is 5.37 Å². The van der Waals surface area contributed by atoms with E-state index in [1.54, 1.807) is 0 Å². The van der Waals surface area contributed by atoms with Crippen LogP contribution in [-0.4, -0.2) is 11.0 Å². The van der Waals surface area contributed by atoms with Crippen LogP contribution in [0.4, 0.5) is 14.9 Å². The number of nitriles is 1. The Labute approximate surface area is 144 Å². The van der Waals surface area contributed by atoms with Gasteiger partial charge in [-0.2, -0.15) is 5.26 Å². The van der Waals surface area contributed by atoms with Crippen molar-refractivity contribution < 1.29 is 9.18 Å². The number of nitrogens with zero attached hydrogens (tertiary/aromatic N) is 3. The Hall–Kier alpha value is -2.01. The number of thioether (sulfide) groups is 1. The molecule has 3 rings (SSSR count). The maximum atomic E-state index is 14.1. The van der Waals surface area contributed by atoms with Crippen LogP contribution in [0.15, 0.2) is 29.4 Å². The summed E-state index contributed by atoms with van der Waals surface area (Å²) < 4.78 is 14.1. The smallest absolute Gasteiger partial charge is 0.320 e. The fraction of sp³-hybridized carbons (Fsp3) is 0.0714. The Morgan fingerprint density at radius 1 is 1.39 bits per heavy atom. The topological polar surface area (TPSA) is 83.0 Å². The molecule has 1 aliphatic rings. The van der Waals surface area contributed by atoms with E-state index in [0.717, 1.165) is 22.9 Å². The molecule has 23 heavy (non-hydrogen) atoms. The molecule has 116 valence electrons.